The van der Waals surface area contributed by atoms with Crippen molar-refractivity contribution in [2.75, 3.05) is 11.9 Å². The Hall–Kier alpha value is -1.93. The zero-order chi connectivity index (χ0) is 27.9. The van der Waals surface area contributed by atoms with E-state index in [1.165, 1.54) is 19.2 Å². The van der Waals surface area contributed by atoms with E-state index < -0.39 is 46.8 Å². The SMILES string of the molecule is CC(=O)Nc1ccn([C@@H]2OC3CO[Si](C(C)C)(C(C)C)O[Si](C(C)C)(C(C)C)O[C@H]3C2(O)C#N)c(=O)n1. The summed E-state index contributed by atoms with van der Waals surface area (Å²) in [6, 6.07) is 3.37. The Bertz CT molecular complexity index is 1090. The minimum atomic E-state index is -3.15. The maximum absolute atomic E-state index is 12.9. The van der Waals surface area contributed by atoms with Crippen LogP contribution in [0, 0.1) is 11.3 Å². The molecule has 37 heavy (non-hydrogen) atoms. The number of hydrogen-bond acceptors (Lipinski definition) is 9. The van der Waals surface area contributed by atoms with Crippen LogP contribution in [0.3, 0.4) is 0 Å². The molecule has 0 aromatic carbocycles. The zero-order valence-corrected chi connectivity index (χ0v) is 25.1. The molecule has 3 heterocycles. The fourth-order valence-corrected chi connectivity index (χ4v) is 16.6. The molecule has 2 N–H and O–H groups in total. The van der Waals surface area contributed by atoms with Crippen molar-refractivity contribution >= 4 is 28.8 Å². The normalized spacial score (nSPS) is 29.2. The lowest BCUT2D eigenvalue weighted by atomic mass is 9.96. The van der Waals surface area contributed by atoms with Gasteiger partial charge in [-0.05, 0) is 28.2 Å². The Kier molecular flexibility index (Phi) is 8.55. The van der Waals surface area contributed by atoms with Crippen LogP contribution in [-0.2, 0) is 22.5 Å². The summed E-state index contributed by atoms with van der Waals surface area (Å²) in [5.74, 6) is -0.326. The fraction of sp³-hybridized carbons (Fsp3) is 0.750. The zero-order valence-electron chi connectivity index (χ0n) is 23.1. The number of rotatable bonds is 6. The van der Waals surface area contributed by atoms with Crippen LogP contribution >= 0.6 is 0 Å². The van der Waals surface area contributed by atoms with E-state index in [0.29, 0.717) is 0 Å². The molecule has 0 bridgehead atoms. The van der Waals surface area contributed by atoms with Gasteiger partial charge < -0.3 is 28.1 Å². The van der Waals surface area contributed by atoms with E-state index in [4.69, 9.17) is 17.7 Å². The molecule has 4 atom stereocenters. The summed E-state index contributed by atoms with van der Waals surface area (Å²) < 4.78 is 27.9. The second kappa shape index (κ2) is 10.7. The second-order valence-electron chi connectivity index (χ2n) is 11.2. The van der Waals surface area contributed by atoms with Crippen LogP contribution in [0.1, 0.15) is 68.5 Å². The molecule has 206 valence electrons. The number of nitrogens with zero attached hydrogens (tertiary/aromatic N) is 3. The van der Waals surface area contributed by atoms with E-state index in [-0.39, 0.29) is 40.5 Å². The van der Waals surface area contributed by atoms with Crippen molar-refractivity contribution in [1.29, 1.82) is 5.26 Å². The fourth-order valence-electron chi connectivity index (χ4n) is 5.42. The number of fused-ring (bicyclic) bond motifs is 1. The van der Waals surface area contributed by atoms with Crippen LogP contribution in [0.4, 0.5) is 5.82 Å². The number of ether oxygens (including phenoxy) is 1. The number of nitrogens with one attached hydrogen (secondary N) is 1. The van der Waals surface area contributed by atoms with E-state index in [1.54, 1.807) is 0 Å². The number of anilines is 1. The number of carbonyl (C=O) groups excluding carboxylic acids is 1. The maximum Gasteiger partial charge on any atom is 0.351 e. The molecule has 1 aromatic rings. The van der Waals surface area contributed by atoms with Crippen LogP contribution in [0.5, 0.6) is 0 Å². The molecule has 2 saturated heterocycles. The van der Waals surface area contributed by atoms with Crippen molar-refractivity contribution in [3.05, 3.63) is 22.7 Å². The molecule has 2 fully saturated rings. The van der Waals surface area contributed by atoms with Crippen LogP contribution in [0.15, 0.2) is 17.1 Å². The summed E-state index contributed by atoms with van der Waals surface area (Å²) >= 11 is 0. The number of hydrogen-bond donors (Lipinski definition) is 2. The smallest absolute Gasteiger partial charge is 0.351 e. The Balaban J connectivity index is 2.14. The van der Waals surface area contributed by atoms with Crippen molar-refractivity contribution in [1.82, 2.24) is 9.55 Å². The highest BCUT2D eigenvalue weighted by molar-refractivity contribution is 6.84. The lowest BCUT2D eigenvalue weighted by Crippen LogP contribution is -2.67. The van der Waals surface area contributed by atoms with Crippen molar-refractivity contribution in [3.63, 3.8) is 0 Å². The molecule has 0 saturated carbocycles. The van der Waals surface area contributed by atoms with Gasteiger partial charge in [0.05, 0.1) is 6.61 Å². The first-order valence-electron chi connectivity index (χ1n) is 12.8. The summed E-state index contributed by atoms with van der Waals surface area (Å²) in [5, 5.41) is 24.4. The van der Waals surface area contributed by atoms with Gasteiger partial charge in [-0.15, -0.1) is 0 Å². The minimum Gasteiger partial charge on any atom is -0.414 e. The average Bonchev–Trinajstić information content (AvgIpc) is 3.04. The molecular formula is C24H40N4O7Si2. The van der Waals surface area contributed by atoms with E-state index in [0.717, 1.165) is 4.57 Å². The molecule has 2 unspecified atom stereocenters. The molecule has 3 rings (SSSR count). The van der Waals surface area contributed by atoms with Gasteiger partial charge in [-0.2, -0.15) is 10.2 Å². The predicted molar refractivity (Wildman–Crippen MR) is 141 cm³/mol. The quantitative estimate of drug-likeness (QED) is 0.401. The maximum atomic E-state index is 12.9. The number of carbonyl (C=O) groups is 1. The summed E-state index contributed by atoms with van der Waals surface area (Å²) in [6.07, 6.45) is -2.01. The van der Waals surface area contributed by atoms with Crippen LogP contribution in [0.2, 0.25) is 22.2 Å². The highest BCUT2D eigenvalue weighted by atomic mass is 28.5. The Morgan fingerprint density at radius 3 is 2.19 bits per heavy atom. The third-order valence-electron chi connectivity index (χ3n) is 7.34. The summed E-state index contributed by atoms with van der Waals surface area (Å²) in [7, 11) is -6.01. The molecule has 2 aliphatic heterocycles. The molecule has 11 nitrogen and oxygen atoms in total. The molecule has 1 aromatic heterocycles. The molecule has 2 aliphatic rings. The predicted octanol–water partition coefficient (Wildman–Crippen LogP) is 3.31. The Morgan fingerprint density at radius 2 is 1.73 bits per heavy atom. The van der Waals surface area contributed by atoms with Gasteiger partial charge in [0.25, 0.3) is 0 Å². The van der Waals surface area contributed by atoms with Gasteiger partial charge in [-0.1, -0.05) is 55.4 Å². The van der Waals surface area contributed by atoms with E-state index in [1.807, 2.05) is 33.8 Å². The highest BCUT2D eigenvalue weighted by Crippen LogP contribution is 2.50. The topological polar surface area (TPSA) is 145 Å². The largest absolute Gasteiger partial charge is 0.414 e. The molecular weight excluding hydrogens is 512 g/mol. The summed E-state index contributed by atoms with van der Waals surface area (Å²) in [6.45, 7) is 17.9. The number of aromatic nitrogens is 2. The standard InChI is InChI=1S/C24H40N4O7Si2/c1-14(2)36(15(3)4)32-12-19-21(34-37(35-36,16(5)6)17(7)8)24(31,13-25)22(33-19)28-11-10-20(26-18(9)29)27-23(28)30/h10-11,14-17,19,21-22,31H,12H2,1-9H3,(H,26,27,29,30)/t19?,21-,22-,24?/m1/s1. The van der Waals surface area contributed by atoms with Gasteiger partial charge in [0, 0.05) is 13.1 Å². The second-order valence-corrected chi connectivity index (χ2v) is 20.0. The van der Waals surface area contributed by atoms with E-state index >= 15 is 0 Å². The van der Waals surface area contributed by atoms with Gasteiger partial charge >= 0.3 is 22.8 Å². The molecule has 0 spiro atoms. The summed E-state index contributed by atoms with van der Waals surface area (Å²) in [4.78, 5) is 28.1. The lowest BCUT2D eigenvalue weighted by molar-refractivity contribution is -0.114. The van der Waals surface area contributed by atoms with Gasteiger partial charge in [0.15, 0.2) is 6.23 Å². The molecule has 0 radical (unpaired) electrons. The number of aliphatic hydroxyl groups is 1. The first-order chi connectivity index (χ1) is 17.1. The first kappa shape index (κ1) is 29.6. The van der Waals surface area contributed by atoms with Crippen LogP contribution in [-0.4, -0.2) is 62.1 Å². The van der Waals surface area contributed by atoms with Crippen LogP contribution < -0.4 is 11.0 Å². The highest BCUT2D eigenvalue weighted by Gasteiger charge is 2.66. The Morgan fingerprint density at radius 1 is 1.16 bits per heavy atom. The van der Waals surface area contributed by atoms with Gasteiger partial charge in [0.1, 0.15) is 24.1 Å². The third-order valence-corrected chi connectivity index (χ3v) is 17.6. The van der Waals surface area contributed by atoms with E-state index in [2.05, 4.69) is 38.0 Å². The van der Waals surface area contributed by atoms with Gasteiger partial charge in [0.2, 0.25) is 11.5 Å². The third kappa shape index (κ3) is 5.08. The van der Waals surface area contributed by atoms with Crippen LogP contribution in [0.25, 0.3) is 0 Å². The average molecular weight is 553 g/mol. The van der Waals surface area contributed by atoms with E-state index in [9.17, 15) is 20.0 Å². The molecule has 1 amide bonds. The first-order valence-corrected chi connectivity index (χ1v) is 16.8. The van der Waals surface area contributed by atoms with Crippen molar-refractivity contribution < 1.29 is 27.6 Å². The summed E-state index contributed by atoms with van der Waals surface area (Å²) in [5.41, 5.74) is -2.85. The number of nitriles is 1. The van der Waals surface area contributed by atoms with Crippen molar-refractivity contribution in [2.45, 2.75) is 109 Å². The van der Waals surface area contributed by atoms with Crippen molar-refractivity contribution in [2.24, 2.45) is 0 Å². The van der Waals surface area contributed by atoms with Gasteiger partial charge in [-0.3, -0.25) is 9.36 Å². The number of amides is 1. The monoisotopic (exact) mass is 552 g/mol. The van der Waals surface area contributed by atoms with Crippen molar-refractivity contribution in [3.8, 4) is 6.07 Å². The minimum absolute atomic E-state index is 0.0254. The van der Waals surface area contributed by atoms with Gasteiger partial charge in [-0.25, -0.2) is 4.79 Å². The molecule has 0 aliphatic carbocycles. The lowest BCUT2D eigenvalue weighted by Gasteiger charge is -2.51. The Labute approximate surface area is 220 Å². The molecule has 13 heteroatoms.